The number of aliphatic carboxylic acids is 1. The first-order chi connectivity index (χ1) is 14.7. The minimum absolute atomic E-state index is 0.0141. The summed E-state index contributed by atoms with van der Waals surface area (Å²) in [6, 6.07) is 0.290. The van der Waals surface area contributed by atoms with Gasteiger partial charge in [-0.3, -0.25) is 9.59 Å². The second kappa shape index (κ2) is 8.95. The molecule has 0 spiro atoms. The first-order valence-electron chi connectivity index (χ1n) is 12.2. The maximum atomic E-state index is 12.6. The van der Waals surface area contributed by atoms with Gasteiger partial charge < -0.3 is 14.9 Å². The molecule has 0 radical (unpaired) electrons. The van der Waals surface area contributed by atoms with Crippen molar-refractivity contribution in [3.8, 4) is 0 Å². The van der Waals surface area contributed by atoms with Gasteiger partial charge in [0.05, 0.1) is 5.69 Å². The molecule has 3 saturated carbocycles. The number of carboxylic acid groups (broad SMARTS) is 1. The van der Waals surface area contributed by atoms with Crippen LogP contribution in [0.1, 0.15) is 126 Å². The van der Waals surface area contributed by atoms with E-state index in [2.05, 4.69) is 31.2 Å². The number of amides is 1. The summed E-state index contributed by atoms with van der Waals surface area (Å²) >= 11 is 0. The van der Waals surface area contributed by atoms with Crippen LogP contribution >= 0.6 is 0 Å². The molecular weight excluding hydrogens is 392 g/mol. The lowest BCUT2D eigenvalue weighted by molar-refractivity contribution is -0.137. The van der Waals surface area contributed by atoms with E-state index in [1.165, 1.54) is 18.4 Å². The molecule has 1 atom stereocenters. The predicted molar refractivity (Wildman–Crippen MR) is 118 cm³/mol. The smallest absolute Gasteiger partial charge is 0.303 e. The Morgan fingerprint density at radius 3 is 2.42 bits per heavy atom. The average molecular weight is 431 g/mol. The van der Waals surface area contributed by atoms with Crippen LogP contribution in [0.3, 0.4) is 0 Å². The Morgan fingerprint density at radius 2 is 1.87 bits per heavy atom. The lowest BCUT2D eigenvalue weighted by Gasteiger charge is -2.38. The highest BCUT2D eigenvalue weighted by Crippen LogP contribution is 2.53. The minimum Gasteiger partial charge on any atom is -0.481 e. The zero-order valence-electron chi connectivity index (χ0n) is 19.3. The quantitative estimate of drug-likeness (QED) is 0.512. The second-order valence-electron chi connectivity index (χ2n) is 11.4. The Kier molecular flexibility index (Phi) is 6.45. The summed E-state index contributed by atoms with van der Waals surface area (Å²) in [6.45, 7) is 6.89. The van der Waals surface area contributed by atoms with Crippen LogP contribution in [0.2, 0.25) is 0 Å². The van der Waals surface area contributed by atoms with E-state index < -0.39 is 5.97 Å². The van der Waals surface area contributed by atoms with E-state index >= 15 is 0 Å². The number of aromatic nitrogens is 1. The van der Waals surface area contributed by atoms with E-state index in [1.807, 2.05) is 0 Å². The highest BCUT2D eigenvalue weighted by molar-refractivity contribution is 5.77. The molecule has 0 aromatic carbocycles. The molecule has 1 amide bonds. The van der Waals surface area contributed by atoms with Gasteiger partial charge in [0.1, 0.15) is 5.76 Å². The molecule has 0 saturated heterocycles. The highest BCUT2D eigenvalue weighted by Gasteiger charge is 2.42. The van der Waals surface area contributed by atoms with E-state index in [0.29, 0.717) is 30.1 Å². The third kappa shape index (κ3) is 5.69. The minimum atomic E-state index is -0.829. The molecule has 3 aliphatic carbocycles. The maximum Gasteiger partial charge on any atom is 0.303 e. The van der Waals surface area contributed by atoms with Gasteiger partial charge in [0.2, 0.25) is 5.91 Å². The van der Waals surface area contributed by atoms with Crippen molar-refractivity contribution in [3.05, 3.63) is 17.0 Å². The molecule has 1 aromatic heterocycles. The predicted octanol–water partition coefficient (Wildman–Crippen LogP) is 5.49. The number of rotatable bonds is 10. The molecule has 3 aliphatic rings. The molecule has 0 bridgehead atoms. The van der Waals surface area contributed by atoms with E-state index in [-0.39, 0.29) is 24.3 Å². The van der Waals surface area contributed by atoms with Crippen LogP contribution in [0.4, 0.5) is 0 Å². The normalized spacial score (nSPS) is 24.9. The van der Waals surface area contributed by atoms with Gasteiger partial charge in [0, 0.05) is 36.3 Å². The van der Waals surface area contributed by atoms with Gasteiger partial charge in [-0.2, -0.15) is 0 Å². The molecule has 1 aromatic rings. The summed E-state index contributed by atoms with van der Waals surface area (Å²) in [5, 5.41) is 16.8. The van der Waals surface area contributed by atoms with E-state index in [9.17, 15) is 14.7 Å². The van der Waals surface area contributed by atoms with Gasteiger partial charge in [-0.05, 0) is 75.0 Å². The van der Waals surface area contributed by atoms with Crippen molar-refractivity contribution in [3.63, 3.8) is 0 Å². The molecule has 6 nitrogen and oxygen atoms in total. The topological polar surface area (TPSA) is 92.4 Å². The first kappa shape index (κ1) is 22.3. The van der Waals surface area contributed by atoms with Gasteiger partial charge in [-0.25, -0.2) is 0 Å². The number of hydrogen-bond acceptors (Lipinski definition) is 4. The molecule has 6 heteroatoms. The third-order valence-corrected chi connectivity index (χ3v) is 7.27. The van der Waals surface area contributed by atoms with Crippen molar-refractivity contribution in [2.75, 3.05) is 0 Å². The summed E-state index contributed by atoms with van der Waals surface area (Å²) < 4.78 is 5.93. The SMILES string of the molecule is CC(C)(C)CC1CC(c2onc([C@@H](CCC(=O)O)CC(=O)NC3CCC3)c2C2CC2)C1. The van der Waals surface area contributed by atoms with Crippen molar-refractivity contribution in [1.82, 2.24) is 10.5 Å². The summed E-state index contributed by atoms with van der Waals surface area (Å²) in [4.78, 5) is 23.9. The fourth-order valence-corrected chi connectivity index (χ4v) is 5.37. The van der Waals surface area contributed by atoms with Gasteiger partial charge in [0.25, 0.3) is 0 Å². The number of carbonyl (C=O) groups is 2. The Morgan fingerprint density at radius 1 is 1.16 bits per heavy atom. The molecule has 3 fully saturated rings. The standard InChI is InChI=1S/C25H38N2O4/c1-25(2,3)14-15-11-18(12-15)24-22(16-7-8-16)23(27-31-24)17(9-10-21(29)30)13-20(28)26-19-5-4-6-19/h15-19H,4-14H2,1-3H3,(H,26,28)(H,29,30)/t15?,17-,18?/m0/s1. The molecule has 1 heterocycles. The lowest BCUT2D eigenvalue weighted by Crippen LogP contribution is -2.40. The van der Waals surface area contributed by atoms with Crippen molar-refractivity contribution in [2.24, 2.45) is 11.3 Å². The van der Waals surface area contributed by atoms with Crippen LogP contribution in [0.15, 0.2) is 4.52 Å². The summed E-state index contributed by atoms with van der Waals surface area (Å²) in [5.74, 6) is 1.66. The molecule has 31 heavy (non-hydrogen) atoms. The van der Waals surface area contributed by atoms with Crippen molar-refractivity contribution in [1.29, 1.82) is 0 Å². The summed E-state index contributed by atoms with van der Waals surface area (Å²) in [6.07, 6.45) is 9.83. The van der Waals surface area contributed by atoms with E-state index in [4.69, 9.17) is 4.52 Å². The van der Waals surface area contributed by atoms with Crippen LogP contribution in [0, 0.1) is 11.3 Å². The summed E-state index contributed by atoms with van der Waals surface area (Å²) in [7, 11) is 0. The number of carboxylic acids is 1. The van der Waals surface area contributed by atoms with Gasteiger partial charge in [0.15, 0.2) is 0 Å². The maximum absolute atomic E-state index is 12.6. The van der Waals surface area contributed by atoms with Gasteiger partial charge in [-0.1, -0.05) is 25.9 Å². The monoisotopic (exact) mass is 430 g/mol. The molecule has 0 aliphatic heterocycles. The molecule has 172 valence electrons. The third-order valence-electron chi connectivity index (χ3n) is 7.27. The van der Waals surface area contributed by atoms with Gasteiger partial charge >= 0.3 is 5.97 Å². The Bertz CT molecular complexity index is 795. The Hall–Kier alpha value is -1.85. The van der Waals surface area contributed by atoms with E-state index in [0.717, 1.165) is 55.9 Å². The highest BCUT2D eigenvalue weighted by atomic mass is 16.5. The van der Waals surface area contributed by atoms with Crippen LogP contribution in [0.25, 0.3) is 0 Å². The fourth-order valence-electron chi connectivity index (χ4n) is 5.37. The lowest BCUT2D eigenvalue weighted by atomic mass is 9.66. The number of nitrogens with one attached hydrogen (secondary N) is 1. The van der Waals surface area contributed by atoms with Crippen LogP contribution in [-0.2, 0) is 9.59 Å². The molecule has 2 N–H and O–H groups in total. The average Bonchev–Trinajstić information content (AvgIpc) is 3.36. The number of carbonyl (C=O) groups excluding carboxylic acids is 1. The second-order valence-corrected chi connectivity index (χ2v) is 11.4. The van der Waals surface area contributed by atoms with Gasteiger partial charge in [-0.15, -0.1) is 0 Å². The van der Waals surface area contributed by atoms with E-state index in [1.54, 1.807) is 0 Å². The molecule has 0 unspecified atom stereocenters. The van der Waals surface area contributed by atoms with Crippen molar-refractivity contribution < 1.29 is 19.2 Å². The number of hydrogen-bond donors (Lipinski definition) is 2. The van der Waals surface area contributed by atoms with Crippen molar-refractivity contribution in [2.45, 2.75) is 115 Å². The van der Waals surface area contributed by atoms with Crippen LogP contribution in [-0.4, -0.2) is 28.2 Å². The van der Waals surface area contributed by atoms with Crippen molar-refractivity contribution >= 4 is 11.9 Å². The largest absolute Gasteiger partial charge is 0.481 e. The van der Waals surface area contributed by atoms with Crippen LogP contribution < -0.4 is 5.32 Å². The Labute approximate surface area is 185 Å². The fraction of sp³-hybridized carbons (Fsp3) is 0.800. The first-order valence-corrected chi connectivity index (χ1v) is 12.2. The molecule has 4 rings (SSSR count). The van der Waals surface area contributed by atoms with Crippen LogP contribution in [0.5, 0.6) is 0 Å². The zero-order valence-corrected chi connectivity index (χ0v) is 19.3. The summed E-state index contributed by atoms with van der Waals surface area (Å²) in [5.41, 5.74) is 2.42. The zero-order chi connectivity index (χ0) is 22.2. The number of nitrogens with zero attached hydrogens (tertiary/aromatic N) is 1. The molecular formula is C25H38N2O4. The Balaban J connectivity index is 1.48.